The van der Waals surface area contributed by atoms with E-state index in [1.807, 2.05) is 6.92 Å². The summed E-state index contributed by atoms with van der Waals surface area (Å²) in [6.07, 6.45) is 1.07. The molecule has 6 heteroatoms. The van der Waals surface area contributed by atoms with Crippen molar-refractivity contribution in [3.8, 4) is 0 Å². The minimum absolute atomic E-state index is 0.0197. The quantitative estimate of drug-likeness (QED) is 0.795. The van der Waals surface area contributed by atoms with Crippen LogP contribution in [-0.4, -0.2) is 66.9 Å². The number of halogens is 2. The minimum Gasteiger partial charge on any atom is -0.337 e. The summed E-state index contributed by atoms with van der Waals surface area (Å²) in [5.41, 5.74) is 0.386. The average molecular weight is 342 g/mol. The van der Waals surface area contributed by atoms with Gasteiger partial charge in [-0.15, -0.1) is 0 Å². The van der Waals surface area contributed by atoms with Crippen LogP contribution in [0.4, 0.5) is 4.39 Å². The lowest BCUT2D eigenvalue weighted by molar-refractivity contribution is -0.132. The Morgan fingerprint density at radius 1 is 1.43 bits per heavy atom. The lowest BCUT2D eigenvalue weighted by Crippen LogP contribution is -2.40. The molecule has 0 bridgehead atoms. The fraction of sp³-hybridized carbons (Fsp3) is 0.588. The zero-order valence-corrected chi connectivity index (χ0v) is 14.8. The van der Waals surface area contributed by atoms with Crippen LogP contribution >= 0.6 is 11.6 Å². The van der Waals surface area contributed by atoms with Crippen molar-refractivity contribution in [2.45, 2.75) is 25.9 Å². The number of carbonyl (C=O) groups is 1. The molecule has 1 unspecified atom stereocenters. The molecule has 1 amide bonds. The highest BCUT2D eigenvalue weighted by atomic mass is 35.5. The summed E-state index contributed by atoms with van der Waals surface area (Å²) < 4.78 is 13.9. The van der Waals surface area contributed by atoms with Gasteiger partial charge in [0.15, 0.2) is 0 Å². The molecule has 0 N–H and O–H groups in total. The highest BCUT2D eigenvalue weighted by Gasteiger charge is 2.27. The lowest BCUT2D eigenvalue weighted by Gasteiger charge is -2.25. The standard InChI is InChI=1S/C17H25ClFN3O/c1-4-22(11-14-15(18)6-5-7-16(14)19)17(23)12-21-9-8-13(10-21)20(2)3/h5-7,13H,4,8-12H2,1-3H3. The second kappa shape index (κ2) is 8.08. The first-order valence-corrected chi connectivity index (χ1v) is 8.39. The Morgan fingerprint density at radius 2 is 2.17 bits per heavy atom. The van der Waals surface area contributed by atoms with E-state index in [9.17, 15) is 9.18 Å². The molecular formula is C17H25ClFN3O. The summed E-state index contributed by atoms with van der Waals surface area (Å²) in [5, 5.41) is 0.366. The SMILES string of the molecule is CCN(Cc1c(F)cccc1Cl)C(=O)CN1CCC(N(C)C)C1. The fourth-order valence-electron chi connectivity index (χ4n) is 2.92. The fourth-order valence-corrected chi connectivity index (χ4v) is 3.14. The molecule has 1 heterocycles. The molecule has 23 heavy (non-hydrogen) atoms. The Bertz CT molecular complexity index is 532. The Morgan fingerprint density at radius 3 is 2.74 bits per heavy atom. The summed E-state index contributed by atoms with van der Waals surface area (Å²) in [6.45, 7) is 4.85. The zero-order chi connectivity index (χ0) is 17.0. The van der Waals surface area contributed by atoms with Gasteiger partial charge in [-0.05, 0) is 39.6 Å². The molecule has 1 aromatic rings. The van der Waals surface area contributed by atoms with Crippen molar-refractivity contribution in [3.05, 3.63) is 34.6 Å². The van der Waals surface area contributed by atoms with E-state index in [4.69, 9.17) is 11.6 Å². The summed E-state index contributed by atoms with van der Waals surface area (Å²) in [4.78, 5) is 18.6. The van der Waals surface area contributed by atoms with Crippen LogP contribution in [0, 0.1) is 5.82 Å². The van der Waals surface area contributed by atoms with Crippen LogP contribution in [0.3, 0.4) is 0 Å². The molecular weight excluding hydrogens is 317 g/mol. The van der Waals surface area contributed by atoms with E-state index in [0.717, 1.165) is 19.5 Å². The Labute approximate surface area is 142 Å². The maximum atomic E-state index is 13.9. The Kier molecular flexibility index (Phi) is 6.39. The predicted octanol–water partition coefficient (Wildman–Crippen LogP) is 2.46. The zero-order valence-electron chi connectivity index (χ0n) is 14.1. The number of rotatable bonds is 6. The smallest absolute Gasteiger partial charge is 0.237 e. The van der Waals surface area contributed by atoms with Crippen LogP contribution < -0.4 is 0 Å². The first-order chi connectivity index (χ1) is 10.9. The van der Waals surface area contributed by atoms with Gasteiger partial charge in [0.05, 0.1) is 13.1 Å². The molecule has 0 saturated carbocycles. The molecule has 1 fully saturated rings. The second-order valence-electron chi connectivity index (χ2n) is 6.25. The molecule has 0 spiro atoms. The first-order valence-electron chi connectivity index (χ1n) is 8.01. The topological polar surface area (TPSA) is 26.8 Å². The van der Waals surface area contributed by atoms with E-state index in [2.05, 4.69) is 23.9 Å². The Balaban J connectivity index is 1.97. The molecule has 4 nitrogen and oxygen atoms in total. The number of likely N-dealkylation sites (N-methyl/N-ethyl adjacent to an activating group) is 2. The maximum absolute atomic E-state index is 13.9. The number of carbonyl (C=O) groups excluding carboxylic acids is 1. The highest BCUT2D eigenvalue weighted by Crippen LogP contribution is 2.21. The van der Waals surface area contributed by atoms with Crippen molar-refractivity contribution in [2.24, 2.45) is 0 Å². The van der Waals surface area contributed by atoms with Gasteiger partial charge in [-0.1, -0.05) is 17.7 Å². The van der Waals surface area contributed by atoms with E-state index in [1.165, 1.54) is 6.07 Å². The number of likely N-dealkylation sites (tertiary alicyclic amines) is 1. The van der Waals surface area contributed by atoms with Crippen molar-refractivity contribution >= 4 is 17.5 Å². The highest BCUT2D eigenvalue weighted by molar-refractivity contribution is 6.31. The van der Waals surface area contributed by atoms with Crippen LogP contribution in [0.15, 0.2) is 18.2 Å². The van der Waals surface area contributed by atoms with Crippen LogP contribution in [0.2, 0.25) is 5.02 Å². The van der Waals surface area contributed by atoms with Gasteiger partial charge in [-0.3, -0.25) is 9.69 Å². The third kappa shape index (κ3) is 4.66. The molecule has 0 aromatic heterocycles. The van der Waals surface area contributed by atoms with Crippen molar-refractivity contribution < 1.29 is 9.18 Å². The molecule has 1 aromatic carbocycles. The third-order valence-electron chi connectivity index (χ3n) is 4.48. The summed E-state index contributed by atoms with van der Waals surface area (Å²) in [6, 6.07) is 5.10. The van der Waals surface area contributed by atoms with Crippen molar-refractivity contribution in [3.63, 3.8) is 0 Å². The number of benzene rings is 1. The number of nitrogens with zero attached hydrogens (tertiary/aromatic N) is 3. The predicted molar refractivity (Wildman–Crippen MR) is 91.0 cm³/mol. The van der Waals surface area contributed by atoms with Crippen molar-refractivity contribution in [1.29, 1.82) is 0 Å². The molecule has 0 radical (unpaired) electrons. The molecule has 1 atom stereocenters. The first kappa shape index (κ1) is 18.2. The van der Waals surface area contributed by atoms with Crippen LogP contribution in [0.1, 0.15) is 18.9 Å². The van der Waals surface area contributed by atoms with Crippen molar-refractivity contribution in [2.75, 3.05) is 40.3 Å². The van der Waals surface area contributed by atoms with Gasteiger partial charge < -0.3 is 9.80 Å². The molecule has 2 rings (SSSR count). The molecule has 1 aliphatic rings. The monoisotopic (exact) mass is 341 g/mol. The summed E-state index contributed by atoms with van der Waals surface area (Å²) >= 11 is 6.07. The minimum atomic E-state index is -0.363. The van der Waals surface area contributed by atoms with Gasteiger partial charge in [0.1, 0.15) is 5.82 Å². The number of hydrogen-bond acceptors (Lipinski definition) is 3. The molecule has 1 aliphatic heterocycles. The van der Waals surface area contributed by atoms with Gasteiger partial charge >= 0.3 is 0 Å². The number of hydrogen-bond donors (Lipinski definition) is 0. The third-order valence-corrected chi connectivity index (χ3v) is 4.84. The van der Waals surface area contributed by atoms with Crippen molar-refractivity contribution in [1.82, 2.24) is 14.7 Å². The summed E-state index contributed by atoms with van der Waals surface area (Å²) in [7, 11) is 4.13. The molecule has 1 saturated heterocycles. The lowest BCUT2D eigenvalue weighted by atomic mass is 10.2. The van der Waals surface area contributed by atoms with Gasteiger partial charge in [0.25, 0.3) is 0 Å². The van der Waals surface area contributed by atoms with E-state index in [0.29, 0.717) is 29.7 Å². The van der Waals surface area contributed by atoms with Gasteiger partial charge in [0, 0.05) is 36.3 Å². The largest absolute Gasteiger partial charge is 0.337 e. The van der Waals surface area contributed by atoms with Crippen LogP contribution in [0.25, 0.3) is 0 Å². The summed E-state index contributed by atoms with van der Waals surface area (Å²) in [5.74, 6) is -0.344. The average Bonchev–Trinajstić information content (AvgIpc) is 2.95. The van der Waals surface area contributed by atoms with Gasteiger partial charge in [-0.2, -0.15) is 0 Å². The van der Waals surface area contributed by atoms with E-state index >= 15 is 0 Å². The van der Waals surface area contributed by atoms with E-state index < -0.39 is 0 Å². The van der Waals surface area contributed by atoms with E-state index in [1.54, 1.807) is 17.0 Å². The van der Waals surface area contributed by atoms with Gasteiger partial charge in [-0.25, -0.2) is 4.39 Å². The molecule has 128 valence electrons. The van der Waals surface area contributed by atoms with E-state index in [-0.39, 0.29) is 18.3 Å². The maximum Gasteiger partial charge on any atom is 0.237 e. The second-order valence-corrected chi connectivity index (χ2v) is 6.66. The van der Waals surface area contributed by atoms with Crippen LogP contribution in [-0.2, 0) is 11.3 Å². The molecule has 0 aliphatic carbocycles. The number of amides is 1. The normalized spacial score (nSPS) is 18.6. The van der Waals surface area contributed by atoms with Crippen LogP contribution in [0.5, 0.6) is 0 Å². The van der Waals surface area contributed by atoms with Gasteiger partial charge in [0.2, 0.25) is 5.91 Å². The Hall–Kier alpha value is -1.17.